The van der Waals surface area contributed by atoms with Crippen LogP contribution >= 0.6 is 12.4 Å². The summed E-state index contributed by atoms with van der Waals surface area (Å²) in [7, 11) is 1.97. The maximum Gasteiger partial charge on any atom is 0.321 e. The molecule has 21 heavy (non-hydrogen) atoms. The highest BCUT2D eigenvalue weighted by Crippen LogP contribution is 2.15. The summed E-state index contributed by atoms with van der Waals surface area (Å²) in [5.41, 5.74) is -0.337. The van der Waals surface area contributed by atoms with E-state index in [0.717, 1.165) is 32.5 Å². The van der Waals surface area contributed by atoms with E-state index in [1.165, 1.54) is 0 Å². The maximum atomic E-state index is 11.8. The number of nitrogens with zero attached hydrogens (tertiary/aromatic N) is 1. The van der Waals surface area contributed by atoms with Crippen LogP contribution in [0.2, 0.25) is 0 Å². The Kier molecular flexibility index (Phi) is 8.85. The molecular formula is C14H29ClN4O2. The van der Waals surface area contributed by atoms with Gasteiger partial charge >= 0.3 is 6.03 Å². The molecule has 0 saturated carbocycles. The van der Waals surface area contributed by atoms with E-state index in [1.54, 1.807) is 0 Å². The van der Waals surface area contributed by atoms with Crippen molar-refractivity contribution in [1.29, 1.82) is 0 Å². The summed E-state index contributed by atoms with van der Waals surface area (Å²) >= 11 is 0. The van der Waals surface area contributed by atoms with Gasteiger partial charge in [0.05, 0.1) is 6.54 Å². The Hall–Kier alpha value is -0.850. The third-order valence-corrected chi connectivity index (χ3v) is 3.31. The van der Waals surface area contributed by atoms with Gasteiger partial charge in [0.1, 0.15) is 0 Å². The monoisotopic (exact) mass is 320 g/mol. The van der Waals surface area contributed by atoms with E-state index in [-0.39, 0.29) is 23.9 Å². The first-order valence-corrected chi connectivity index (χ1v) is 7.29. The van der Waals surface area contributed by atoms with E-state index < -0.39 is 6.03 Å². The molecule has 3 amide bonds. The summed E-state index contributed by atoms with van der Waals surface area (Å²) in [5.74, 6) is 0.460. The fourth-order valence-electron chi connectivity index (χ4n) is 2.38. The number of piperidine rings is 1. The van der Waals surface area contributed by atoms with E-state index in [0.29, 0.717) is 12.5 Å². The van der Waals surface area contributed by atoms with E-state index in [2.05, 4.69) is 20.9 Å². The molecule has 0 aromatic heterocycles. The molecular weight excluding hydrogens is 292 g/mol. The molecule has 0 aromatic carbocycles. The average Bonchev–Trinajstić information content (AvgIpc) is 2.29. The number of halogens is 1. The standard InChI is InChI=1S/C14H28N4O2.ClH/c1-14(2,3)17-13(20)16-12(19)10-18-7-5-11(6-8-18)9-15-4;/h11,15H,5-10H2,1-4H3,(H2,16,17,19,20);1H. The molecule has 124 valence electrons. The molecule has 1 saturated heterocycles. The fraction of sp³-hybridized carbons (Fsp3) is 0.857. The third kappa shape index (κ3) is 8.90. The Morgan fingerprint density at radius 2 is 1.76 bits per heavy atom. The first-order valence-electron chi connectivity index (χ1n) is 7.29. The van der Waals surface area contributed by atoms with Crippen LogP contribution in [-0.4, -0.2) is 55.6 Å². The van der Waals surface area contributed by atoms with Gasteiger partial charge in [0.25, 0.3) is 0 Å². The summed E-state index contributed by atoms with van der Waals surface area (Å²) in [6, 6.07) is -0.424. The predicted octanol–water partition coefficient (Wildman–Crippen LogP) is 0.964. The Labute approximate surface area is 133 Å². The summed E-state index contributed by atoms with van der Waals surface area (Å²) in [4.78, 5) is 25.5. The predicted molar refractivity (Wildman–Crippen MR) is 86.8 cm³/mol. The van der Waals surface area contributed by atoms with Gasteiger partial charge in [-0.1, -0.05) is 0 Å². The second-order valence-corrected chi connectivity index (χ2v) is 6.53. The van der Waals surface area contributed by atoms with Crippen molar-refractivity contribution < 1.29 is 9.59 Å². The lowest BCUT2D eigenvalue weighted by atomic mass is 9.97. The maximum absolute atomic E-state index is 11.8. The first-order chi connectivity index (χ1) is 9.30. The fourth-order valence-corrected chi connectivity index (χ4v) is 2.38. The number of carbonyl (C=O) groups excluding carboxylic acids is 2. The van der Waals surface area contributed by atoms with E-state index in [4.69, 9.17) is 0 Å². The van der Waals surface area contributed by atoms with Gasteiger partial charge in [-0.3, -0.25) is 15.0 Å². The Bertz CT molecular complexity index is 336. The summed E-state index contributed by atoms with van der Waals surface area (Å²) < 4.78 is 0. The molecule has 1 heterocycles. The van der Waals surface area contributed by atoms with Gasteiger partial charge in [0, 0.05) is 5.54 Å². The van der Waals surface area contributed by atoms with Crippen molar-refractivity contribution in [2.75, 3.05) is 33.2 Å². The summed E-state index contributed by atoms with van der Waals surface area (Å²) in [6.45, 7) is 8.80. The number of amides is 3. The molecule has 0 spiro atoms. The van der Waals surface area contributed by atoms with Crippen LogP contribution < -0.4 is 16.0 Å². The lowest BCUT2D eigenvalue weighted by molar-refractivity contribution is -0.121. The molecule has 6 nitrogen and oxygen atoms in total. The zero-order valence-corrected chi connectivity index (χ0v) is 14.3. The largest absolute Gasteiger partial charge is 0.333 e. The minimum absolute atomic E-state index is 0. The van der Waals surface area contributed by atoms with E-state index >= 15 is 0 Å². The zero-order valence-electron chi connectivity index (χ0n) is 13.5. The number of hydrogen-bond donors (Lipinski definition) is 3. The molecule has 0 unspecified atom stereocenters. The minimum Gasteiger partial charge on any atom is -0.333 e. The Morgan fingerprint density at radius 1 is 1.19 bits per heavy atom. The van der Waals surface area contributed by atoms with Crippen molar-refractivity contribution in [3.05, 3.63) is 0 Å². The van der Waals surface area contributed by atoms with Crippen molar-refractivity contribution >= 4 is 24.3 Å². The lowest BCUT2D eigenvalue weighted by Gasteiger charge is -2.31. The number of urea groups is 1. The second kappa shape index (κ2) is 9.23. The van der Waals surface area contributed by atoms with Crippen LogP contribution in [0.3, 0.4) is 0 Å². The molecule has 1 fully saturated rings. The summed E-state index contributed by atoms with van der Waals surface area (Å²) in [6.07, 6.45) is 2.20. The van der Waals surface area contributed by atoms with Crippen molar-refractivity contribution in [2.45, 2.75) is 39.2 Å². The van der Waals surface area contributed by atoms with Gasteiger partial charge in [-0.2, -0.15) is 0 Å². The van der Waals surface area contributed by atoms with E-state index in [9.17, 15) is 9.59 Å². The lowest BCUT2D eigenvalue weighted by Crippen LogP contribution is -2.51. The zero-order chi connectivity index (χ0) is 15.2. The molecule has 1 aliphatic heterocycles. The average molecular weight is 321 g/mol. The minimum atomic E-state index is -0.424. The van der Waals surface area contributed by atoms with Crippen molar-refractivity contribution in [3.8, 4) is 0 Å². The Morgan fingerprint density at radius 3 is 2.24 bits per heavy atom. The van der Waals surface area contributed by atoms with Crippen LogP contribution in [0.25, 0.3) is 0 Å². The van der Waals surface area contributed by atoms with Gasteiger partial charge in [-0.05, 0) is 66.2 Å². The molecule has 1 rings (SSSR count). The van der Waals surface area contributed by atoms with Gasteiger partial charge in [0.15, 0.2) is 0 Å². The first kappa shape index (κ1) is 20.1. The number of nitrogens with one attached hydrogen (secondary N) is 3. The highest BCUT2D eigenvalue weighted by atomic mass is 35.5. The van der Waals surface area contributed by atoms with Gasteiger partial charge in [0.2, 0.25) is 5.91 Å². The highest BCUT2D eigenvalue weighted by Gasteiger charge is 2.21. The molecule has 3 N–H and O–H groups in total. The summed E-state index contributed by atoms with van der Waals surface area (Å²) in [5, 5.41) is 8.28. The molecule has 0 aliphatic carbocycles. The quantitative estimate of drug-likeness (QED) is 0.721. The van der Waals surface area contributed by atoms with E-state index in [1.807, 2.05) is 27.8 Å². The second-order valence-electron chi connectivity index (χ2n) is 6.53. The molecule has 7 heteroatoms. The number of imide groups is 1. The molecule has 0 radical (unpaired) electrons. The third-order valence-electron chi connectivity index (χ3n) is 3.31. The van der Waals surface area contributed by atoms with Gasteiger partial charge in [-0.15, -0.1) is 12.4 Å². The number of rotatable bonds is 4. The van der Waals surface area contributed by atoms with Crippen LogP contribution in [-0.2, 0) is 4.79 Å². The number of likely N-dealkylation sites (tertiary alicyclic amines) is 1. The topological polar surface area (TPSA) is 73.5 Å². The van der Waals surface area contributed by atoms with Gasteiger partial charge in [-0.25, -0.2) is 4.79 Å². The van der Waals surface area contributed by atoms with Crippen molar-refractivity contribution in [1.82, 2.24) is 20.9 Å². The molecule has 0 atom stereocenters. The molecule has 1 aliphatic rings. The highest BCUT2D eigenvalue weighted by molar-refractivity contribution is 5.95. The Balaban J connectivity index is 0.00000400. The smallest absolute Gasteiger partial charge is 0.321 e. The van der Waals surface area contributed by atoms with Crippen LogP contribution in [0.4, 0.5) is 4.79 Å². The molecule has 0 bridgehead atoms. The van der Waals surface area contributed by atoms with Crippen LogP contribution in [0.5, 0.6) is 0 Å². The van der Waals surface area contributed by atoms with Crippen LogP contribution in [0.1, 0.15) is 33.6 Å². The normalized spacial score (nSPS) is 17.0. The molecule has 0 aromatic rings. The van der Waals surface area contributed by atoms with Crippen LogP contribution in [0.15, 0.2) is 0 Å². The van der Waals surface area contributed by atoms with Crippen LogP contribution in [0, 0.1) is 5.92 Å². The van der Waals surface area contributed by atoms with Gasteiger partial charge < -0.3 is 10.6 Å². The SMILES string of the molecule is CNCC1CCN(CC(=O)NC(=O)NC(C)(C)C)CC1.Cl. The van der Waals surface area contributed by atoms with Crippen molar-refractivity contribution in [3.63, 3.8) is 0 Å². The number of carbonyl (C=O) groups is 2. The van der Waals surface area contributed by atoms with Crippen molar-refractivity contribution in [2.24, 2.45) is 5.92 Å². The number of hydrogen-bond acceptors (Lipinski definition) is 4.